The number of nitrogens with two attached hydrogens (primary N) is 1. The summed E-state index contributed by atoms with van der Waals surface area (Å²) in [5, 5.41) is 7.11. The van der Waals surface area contributed by atoms with Gasteiger partial charge in [0.15, 0.2) is 5.65 Å². The van der Waals surface area contributed by atoms with E-state index >= 15 is 0 Å². The minimum atomic E-state index is 0.262. The van der Waals surface area contributed by atoms with Crippen molar-refractivity contribution in [1.82, 2.24) is 24.7 Å². The maximum atomic E-state index is 6.13. The van der Waals surface area contributed by atoms with Crippen LogP contribution in [0.25, 0.3) is 11.0 Å². The van der Waals surface area contributed by atoms with E-state index < -0.39 is 0 Å². The van der Waals surface area contributed by atoms with Crippen molar-refractivity contribution in [2.24, 2.45) is 0 Å². The largest absolute Gasteiger partial charge is 0.495 e. The van der Waals surface area contributed by atoms with E-state index in [1.54, 1.807) is 25.1 Å². The number of hydrogen-bond acceptors (Lipinski definition) is 7. The average Bonchev–Trinajstić information content (AvgIpc) is 2.90. The first-order chi connectivity index (χ1) is 11.6. The van der Waals surface area contributed by atoms with Gasteiger partial charge in [-0.15, -0.1) is 11.8 Å². The van der Waals surface area contributed by atoms with Gasteiger partial charge in [-0.3, -0.25) is 4.98 Å². The Bertz CT molecular complexity index is 957. The highest BCUT2D eigenvalue weighted by Crippen LogP contribution is 2.35. The van der Waals surface area contributed by atoms with Crippen molar-refractivity contribution in [2.45, 2.75) is 24.9 Å². The highest BCUT2D eigenvalue weighted by Gasteiger charge is 2.23. The molecule has 4 heterocycles. The predicted octanol–water partition coefficient (Wildman–Crippen LogP) is 2.47. The Kier molecular flexibility index (Phi) is 3.73. The van der Waals surface area contributed by atoms with Crippen LogP contribution >= 0.6 is 23.4 Å². The van der Waals surface area contributed by atoms with E-state index in [0.29, 0.717) is 17.3 Å². The maximum absolute atomic E-state index is 6.13. The number of thioether (sulfide) groups is 1. The van der Waals surface area contributed by atoms with Crippen LogP contribution in [0.15, 0.2) is 11.2 Å². The third kappa shape index (κ3) is 2.37. The Labute approximate surface area is 147 Å². The van der Waals surface area contributed by atoms with E-state index in [2.05, 4.69) is 15.0 Å². The van der Waals surface area contributed by atoms with E-state index in [1.165, 1.54) is 0 Å². The summed E-state index contributed by atoms with van der Waals surface area (Å²) < 4.78 is 7.20. The number of pyridine rings is 1. The number of nitrogens with zero attached hydrogens (tertiary/aromatic N) is 5. The molecule has 9 heteroatoms. The summed E-state index contributed by atoms with van der Waals surface area (Å²) >= 11 is 7.81. The van der Waals surface area contributed by atoms with Gasteiger partial charge < -0.3 is 10.5 Å². The van der Waals surface area contributed by atoms with E-state index in [4.69, 9.17) is 27.2 Å². The second kappa shape index (κ2) is 5.78. The van der Waals surface area contributed by atoms with Gasteiger partial charge in [0.2, 0.25) is 5.95 Å². The highest BCUT2D eigenvalue weighted by atomic mass is 35.5. The number of aryl methyl sites for hydroxylation is 1. The lowest BCUT2D eigenvalue weighted by Gasteiger charge is -2.11. The molecule has 0 saturated carbocycles. The van der Waals surface area contributed by atoms with Gasteiger partial charge in [-0.1, -0.05) is 11.6 Å². The van der Waals surface area contributed by atoms with Gasteiger partial charge in [0.1, 0.15) is 15.8 Å². The lowest BCUT2D eigenvalue weighted by Crippen LogP contribution is -2.08. The fraction of sp³-hybridized carbons (Fsp3) is 0.333. The molecule has 0 spiro atoms. The molecule has 0 bridgehead atoms. The molecule has 1 aliphatic heterocycles. The van der Waals surface area contributed by atoms with Gasteiger partial charge in [-0.2, -0.15) is 10.1 Å². The van der Waals surface area contributed by atoms with Gasteiger partial charge in [0, 0.05) is 23.9 Å². The molecule has 0 fully saturated rings. The van der Waals surface area contributed by atoms with Gasteiger partial charge >= 0.3 is 0 Å². The van der Waals surface area contributed by atoms with Crippen LogP contribution in [0.5, 0.6) is 5.75 Å². The number of hydrogen-bond donors (Lipinski definition) is 1. The molecule has 2 N–H and O–H groups in total. The lowest BCUT2D eigenvalue weighted by atomic mass is 10.2. The van der Waals surface area contributed by atoms with Crippen LogP contribution in [0.3, 0.4) is 0 Å². The predicted molar refractivity (Wildman–Crippen MR) is 93.8 cm³/mol. The fourth-order valence-electron chi connectivity index (χ4n) is 2.91. The molecule has 1 aliphatic rings. The van der Waals surface area contributed by atoms with Crippen molar-refractivity contribution in [2.75, 3.05) is 18.6 Å². The minimum Gasteiger partial charge on any atom is -0.495 e. The molecule has 4 rings (SSSR count). The van der Waals surface area contributed by atoms with Crippen LogP contribution < -0.4 is 10.5 Å². The normalized spacial score (nSPS) is 13.5. The number of aromatic nitrogens is 5. The summed E-state index contributed by atoms with van der Waals surface area (Å²) in [5.74, 6) is 1.84. The molecule has 24 heavy (non-hydrogen) atoms. The summed E-state index contributed by atoms with van der Waals surface area (Å²) in [6.07, 6.45) is 2.49. The zero-order chi connectivity index (χ0) is 16.8. The first kappa shape index (κ1) is 15.5. The number of rotatable bonds is 3. The average molecular weight is 363 g/mol. The van der Waals surface area contributed by atoms with Crippen LogP contribution in [0, 0.1) is 6.92 Å². The Morgan fingerprint density at radius 1 is 1.42 bits per heavy atom. The summed E-state index contributed by atoms with van der Waals surface area (Å²) in [6, 6.07) is 0. The van der Waals surface area contributed by atoms with Crippen molar-refractivity contribution >= 4 is 40.3 Å². The fourth-order valence-corrected chi connectivity index (χ4v) is 4.18. The zero-order valence-corrected chi connectivity index (χ0v) is 14.8. The van der Waals surface area contributed by atoms with Crippen LogP contribution in [-0.4, -0.2) is 37.6 Å². The molecule has 0 saturated heterocycles. The smallest absolute Gasteiger partial charge is 0.223 e. The third-order valence-corrected chi connectivity index (χ3v) is 5.30. The standard InChI is InChI=1S/C15H15ClN6OS/c1-7-10(18-5-8(16)12(7)23-2)6-22-13-11-9(21-22)3-4-24-14(11)20-15(17)19-13/h5H,3-4,6H2,1-2H3,(H2,17,19,20). The molecule has 0 amide bonds. The van der Waals surface area contributed by atoms with E-state index in [9.17, 15) is 0 Å². The van der Waals surface area contributed by atoms with Gasteiger partial charge in [0.05, 0.1) is 30.4 Å². The molecule has 0 atom stereocenters. The highest BCUT2D eigenvalue weighted by molar-refractivity contribution is 7.99. The molecule has 3 aromatic rings. The molecule has 0 radical (unpaired) electrons. The van der Waals surface area contributed by atoms with Crippen LogP contribution in [-0.2, 0) is 13.0 Å². The lowest BCUT2D eigenvalue weighted by molar-refractivity contribution is 0.410. The molecular formula is C15H15ClN6OS. The Morgan fingerprint density at radius 3 is 3.04 bits per heavy atom. The van der Waals surface area contributed by atoms with Crippen LogP contribution in [0.1, 0.15) is 17.0 Å². The van der Waals surface area contributed by atoms with Crippen molar-refractivity contribution < 1.29 is 4.74 Å². The molecule has 124 valence electrons. The number of methoxy groups -OCH3 is 1. The van der Waals surface area contributed by atoms with E-state index in [0.717, 1.165) is 45.2 Å². The molecule has 0 unspecified atom stereocenters. The zero-order valence-electron chi connectivity index (χ0n) is 13.2. The van der Waals surface area contributed by atoms with Crippen molar-refractivity contribution in [3.63, 3.8) is 0 Å². The first-order valence-electron chi connectivity index (χ1n) is 7.42. The first-order valence-corrected chi connectivity index (χ1v) is 8.78. The molecular weight excluding hydrogens is 348 g/mol. The van der Waals surface area contributed by atoms with Crippen molar-refractivity contribution in [1.29, 1.82) is 0 Å². The summed E-state index contributed by atoms with van der Waals surface area (Å²) in [4.78, 5) is 13.2. The van der Waals surface area contributed by atoms with Crippen molar-refractivity contribution in [3.8, 4) is 5.75 Å². The second-order valence-electron chi connectivity index (χ2n) is 5.50. The quantitative estimate of drug-likeness (QED) is 0.715. The Morgan fingerprint density at radius 2 is 2.25 bits per heavy atom. The van der Waals surface area contributed by atoms with E-state index in [-0.39, 0.29) is 5.95 Å². The van der Waals surface area contributed by atoms with Crippen LogP contribution in [0.2, 0.25) is 5.02 Å². The van der Waals surface area contributed by atoms with Crippen LogP contribution in [0.4, 0.5) is 5.95 Å². The Balaban J connectivity index is 1.85. The second-order valence-corrected chi connectivity index (χ2v) is 6.99. The molecule has 7 nitrogen and oxygen atoms in total. The minimum absolute atomic E-state index is 0.262. The maximum Gasteiger partial charge on any atom is 0.223 e. The number of anilines is 1. The number of ether oxygens (including phenoxy) is 1. The topological polar surface area (TPSA) is 91.7 Å². The van der Waals surface area contributed by atoms with Gasteiger partial charge in [0.25, 0.3) is 0 Å². The monoisotopic (exact) mass is 362 g/mol. The van der Waals surface area contributed by atoms with Gasteiger partial charge in [-0.05, 0) is 6.92 Å². The molecule has 0 aliphatic carbocycles. The van der Waals surface area contributed by atoms with E-state index in [1.807, 2.05) is 11.6 Å². The summed E-state index contributed by atoms with van der Waals surface area (Å²) in [5.41, 5.74) is 9.34. The number of nitrogen functional groups attached to an aromatic ring is 1. The molecule has 3 aromatic heterocycles. The van der Waals surface area contributed by atoms with Gasteiger partial charge in [-0.25, -0.2) is 9.67 Å². The van der Waals surface area contributed by atoms with Crippen molar-refractivity contribution in [3.05, 3.63) is 28.2 Å². The summed E-state index contributed by atoms with van der Waals surface area (Å²) in [6.45, 7) is 2.40. The summed E-state index contributed by atoms with van der Waals surface area (Å²) in [7, 11) is 1.60. The Hall–Kier alpha value is -2.06. The SMILES string of the molecule is COc1c(Cl)cnc(Cn2nc3c4c(nc(N)nc42)SCC3)c1C. The third-order valence-electron chi connectivity index (χ3n) is 4.05. The molecule has 0 aromatic carbocycles. The number of halogens is 1.